The molecule has 0 unspecified atom stereocenters. The maximum atomic E-state index is 13.8. The largest absolute Gasteiger partial charge is 0.508 e. The van der Waals surface area contributed by atoms with E-state index in [1.807, 2.05) is 25.1 Å². The number of hydrogen-bond donors (Lipinski definition) is 2. The SMILES string of the molecule is COCCC(=O)N[C@]1(C)C[C@@H](c2cccc(Cl)c2)O[C@@H](c2cc(F)ccc2O)C1. The summed E-state index contributed by atoms with van der Waals surface area (Å²) in [6, 6.07) is 11.1. The molecule has 2 aromatic carbocycles. The Hall–Kier alpha value is -2.15. The summed E-state index contributed by atoms with van der Waals surface area (Å²) in [4.78, 5) is 12.4. The molecule has 1 aliphatic heterocycles. The highest BCUT2D eigenvalue weighted by atomic mass is 35.5. The molecule has 1 saturated heterocycles. The molecule has 0 aliphatic carbocycles. The lowest BCUT2D eigenvalue weighted by atomic mass is 9.81. The first-order chi connectivity index (χ1) is 13.8. The van der Waals surface area contributed by atoms with Gasteiger partial charge in [-0.3, -0.25) is 4.79 Å². The highest BCUT2D eigenvalue weighted by molar-refractivity contribution is 6.30. The van der Waals surface area contributed by atoms with Gasteiger partial charge in [-0.25, -0.2) is 4.39 Å². The summed E-state index contributed by atoms with van der Waals surface area (Å²) in [7, 11) is 1.54. The Labute approximate surface area is 174 Å². The Kier molecular flexibility index (Phi) is 6.77. The lowest BCUT2D eigenvalue weighted by Crippen LogP contribution is -2.51. The van der Waals surface area contributed by atoms with E-state index < -0.39 is 17.5 Å². The van der Waals surface area contributed by atoms with Crippen molar-refractivity contribution in [3.05, 3.63) is 64.4 Å². The highest BCUT2D eigenvalue weighted by Gasteiger charge is 2.41. The lowest BCUT2D eigenvalue weighted by molar-refractivity contribution is -0.129. The molecule has 0 aromatic heterocycles. The predicted octanol–water partition coefficient (Wildman–Crippen LogP) is 4.69. The third kappa shape index (κ3) is 5.47. The zero-order valence-electron chi connectivity index (χ0n) is 16.5. The lowest BCUT2D eigenvalue weighted by Gasteiger charge is -2.43. The second-order valence-electron chi connectivity index (χ2n) is 7.63. The summed E-state index contributed by atoms with van der Waals surface area (Å²) in [6.07, 6.45) is 0.155. The molecule has 0 spiro atoms. The van der Waals surface area contributed by atoms with Crippen molar-refractivity contribution in [1.29, 1.82) is 0 Å². The zero-order valence-corrected chi connectivity index (χ0v) is 17.2. The number of aromatic hydroxyl groups is 1. The van der Waals surface area contributed by atoms with Gasteiger partial charge in [-0.05, 0) is 42.8 Å². The van der Waals surface area contributed by atoms with Crippen molar-refractivity contribution in [1.82, 2.24) is 5.32 Å². The maximum absolute atomic E-state index is 13.8. The maximum Gasteiger partial charge on any atom is 0.222 e. The quantitative estimate of drug-likeness (QED) is 0.710. The van der Waals surface area contributed by atoms with E-state index in [0.29, 0.717) is 30.0 Å². The second-order valence-corrected chi connectivity index (χ2v) is 8.07. The Morgan fingerprint density at radius 1 is 1.31 bits per heavy atom. The molecule has 156 valence electrons. The van der Waals surface area contributed by atoms with Crippen molar-refractivity contribution in [3.8, 4) is 5.75 Å². The van der Waals surface area contributed by atoms with Crippen LogP contribution in [0.3, 0.4) is 0 Å². The Morgan fingerprint density at radius 3 is 2.79 bits per heavy atom. The van der Waals surface area contributed by atoms with Crippen LogP contribution < -0.4 is 5.32 Å². The number of carbonyl (C=O) groups is 1. The van der Waals surface area contributed by atoms with E-state index in [0.717, 1.165) is 5.56 Å². The first kappa shape index (κ1) is 21.6. The van der Waals surface area contributed by atoms with Gasteiger partial charge in [-0.2, -0.15) is 0 Å². The van der Waals surface area contributed by atoms with Gasteiger partial charge in [0.25, 0.3) is 0 Å². The Balaban J connectivity index is 1.92. The van der Waals surface area contributed by atoms with Gasteiger partial charge in [-0.15, -0.1) is 0 Å². The molecule has 1 heterocycles. The number of nitrogens with one attached hydrogen (secondary N) is 1. The van der Waals surface area contributed by atoms with Crippen LogP contribution in [0.2, 0.25) is 5.02 Å². The Bertz CT molecular complexity index is 878. The molecule has 3 atom stereocenters. The zero-order chi connectivity index (χ0) is 21.0. The minimum Gasteiger partial charge on any atom is -0.508 e. The average Bonchev–Trinajstić information content (AvgIpc) is 2.67. The number of benzene rings is 2. The van der Waals surface area contributed by atoms with Crippen LogP contribution >= 0.6 is 11.6 Å². The molecule has 0 radical (unpaired) electrons. The van der Waals surface area contributed by atoms with E-state index in [9.17, 15) is 14.3 Å². The van der Waals surface area contributed by atoms with E-state index in [1.54, 1.807) is 13.2 Å². The van der Waals surface area contributed by atoms with Gasteiger partial charge in [0.15, 0.2) is 0 Å². The second kappa shape index (κ2) is 9.11. The van der Waals surface area contributed by atoms with Crippen LogP contribution in [0, 0.1) is 5.82 Å². The van der Waals surface area contributed by atoms with Crippen molar-refractivity contribution in [3.63, 3.8) is 0 Å². The fourth-order valence-electron chi connectivity index (χ4n) is 3.76. The van der Waals surface area contributed by atoms with Crippen LogP contribution in [-0.2, 0) is 14.3 Å². The molecule has 0 bridgehead atoms. The number of methoxy groups -OCH3 is 1. The van der Waals surface area contributed by atoms with Crippen LogP contribution in [-0.4, -0.2) is 30.3 Å². The molecule has 5 nitrogen and oxygen atoms in total. The molecule has 7 heteroatoms. The third-order valence-electron chi connectivity index (χ3n) is 5.13. The minimum atomic E-state index is -0.626. The van der Waals surface area contributed by atoms with Gasteiger partial charge < -0.3 is 19.9 Å². The fraction of sp³-hybridized carbons (Fsp3) is 0.409. The van der Waals surface area contributed by atoms with Crippen molar-refractivity contribution in [2.75, 3.05) is 13.7 Å². The van der Waals surface area contributed by atoms with Crippen LogP contribution in [0.1, 0.15) is 49.5 Å². The van der Waals surface area contributed by atoms with Crippen LogP contribution in [0.25, 0.3) is 0 Å². The molecular weight excluding hydrogens is 397 g/mol. The van der Waals surface area contributed by atoms with Crippen molar-refractivity contribution in [2.45, 2.75) is 43.9 Å². The number of rotatable bonds is 6. The summed E-state index contributed by atoms with van der Waals surface area (Å²) >= 11 is 6.15. The summed E-state index contributed by atoms with van der Waals surface area (Å²) in [5.74, 6) is -0.642. The van der Waals surface area contributed by atoms with Gasteiger partial charge >= 0.3 is 0 Å². The smallest absolute Gasteiger partial charge is 0.222 e. The van der Waals surface area contributed by atoms with Gasteiger partial charge in [0.2, 0.25) is 5.91 Å². The number of phenolic OH excluding ortho intramolecular Hbond substituents is 1. The van der Waals surface area contributed by atoms with Crippen LogP contribution in [0.5, 0.6) is 5.75 Å². The predicted molar refractivity (Wildman–Crippen MR) is 108 cm³/mol. The van der Waals surface area contributed by atoms with Crippen molar-refractivity contribution in [2.24, 2.45) is 0 Å². The van der Waals surface area contributed by atoms with Gasteiger partial charge in [0.05, 0.1) is 18.8 Å². The summed E-state index contributed by atoms with van der Waals surface area (Å²) < 4.78 is 25.1. The van der Waals surface area contributed by atoms with E-state index in [2.05, 4.69) is 5.32 Å². The first-order valence-electron chi connectivity index (χ1n) is 9.49. The molecule has 29 heavy (non-hydrogen) atoms. The molecule has 3 rings (SSSR count). The van der Waals surface area contributed by atoms with E-state index in [4.69, 9.17) is 21.1 Å². The van der Waals surface area contributed by atoms with Crippen LogP contribution in [0.4, 0.5) is 4.39 Å². The first-order valence-corrected chi connectivity index (χ1v) is 9.87. The van der Waals surface area contributed by atoms with Gasteiger partial charge in [-0.1, -0.05) is 23.7 Å². The molecule has 1 amide bonds. The molecule has 0 saturated carbocycles. The number of ether oxygens (including phenoxy) is 2. The van der Waals surface area contributed by atoms with Gasteiger partial charge in [0, 0.05) is 42.5 Å². The topological polar surface area (TPSA) is 67.8 Å². The molecular formula is C22H25ClFNO4. The number of carbonyl (C=O) groups excluding carboxylic acids is 1. The number of halogens is 2. The highest BCUT2D eigenvalue weighted by Crippen LogP contribution is 2.45. The van der Waals surface area contributed by atoms with Crippen molar-refractivity contribution >= 4 is 17.5 Å². The van der Waals surface area contributed by atoms with E-state index >= 15 is 0 Å². The van der Waals surface area contributed by atoms with Gasteiger partial charge in [0.1, 0.15) is 11.6 Å². The van der Waals surface area contributed by atoms with Crippen molar-refractivity contribution < 1.29 is 23.8 Å². The molecule has 1 fully saturated rings. The van der Waals surface area contributed by atoms with Crippen LogP contribution in [0.15, 0.2) is 42.5 Å². The monoisotopic (exact) mass is 421 g/mol. The number of phenols is 1. The third-order valence-corrected chi connectivity index (χ3v) is 5.37. The standard InChI is InChI=1S/C22H25ClFNO4/c1-22(25-21(27)8-9-28-2)12-19(14-4-3-5-15(23)10-14)29-20(13-22)17-11-16(24)6-7-18(17)26/h3-7,10-11,19-20,26H,8-9,12-13H2,1-2H3,(H,25,27)/t19-,20+,22+/m0/s1. The molecule has 2 N–H and O–H groups in total. The number of amides is 1. The average molecular weight is 422 g/mol. The Morgan fingerprint density at radius 2 is 2.07 bits per heavy atom. The van der Waals surface area contributed by atoms with E-state index in [-0.39, 0.29) is 24.2 Å². The molecule has 2 aromatic rings. The number of hydrogen-bond acceptors (Lipinski definition) is 4. The normalized spacial score (nSPS) is 24.3. The summed E-state index contributed by atoms with van der Waals surface area (Å²) in [5, 5.41) is 13.9. The molecule has 1 aliphatic rings. The summed E-state index contributed by atoms with van der Waals surface area (Å²) in [6.45, 7) is 2.26. The minimum absolute atomic E-state index is 0.0452. The fourth-order valence-corrected chi connectivity index (χ4v) is 3.96. The van der Waals surface area contributed by atoms with E-state index in [1.165, 1.54) is 18.2 Å². The summed E-state index contributed by atoms with van der Waals surface area (Å²) in [5.41, 5.74) is 0.587.